The van der Waals surface area contributed by atoms with Crippen LogP contribution in [0.2, 0.25) is 5.02 Å². The Balaban J connectivity index is 1.80. The molecular weight excluding hydrogens is 245 g/mol. The van der Waals surface area contributed by atoms with Gasteiger partial charge in [-0.3, -0.25) is 0 Å². The number of rotatable bonds is 5. The predicted molar refractivity (Wildman–Crippen MR) is 61.1 cm³/mol. The zero-order valence-corrected chi connectivity index (χ0v) is 9.75. The monoisotopic (exact) mass is 255 g/mol. The van der Waals surface area contributed by atoms with Crippen molar-refractivity contribution in [1.82, 2.24) is 15.5 Å². The molecule has 0 fully saturated rings. The van der Waals surface area contributed by atoms with E-state index in [1.165, 1.54) is 18.5 Å². The van der Waals surface area contributed by atoms with Crippen molar-refractivity contribution in [3.8, 4) is 0 Å². The average molecular weight is 256 g/mol. The molecule has 2 aromatic rings. The third-order valence-electron chi connectivity index (χ3n) is 2.25. The molecule has 0 saturated carbocycles. The molecule has 0 saturated heterocycles. The van der Waals surface area contributed by atoms with Crippen LogP contribution in [0.25, 0.3) is 0 Å². The number of halogens is 2. The van der Waals surface area contributed by atoms with Crippen molar-refractivity contribution in [2.75, 3.05) is 6.54 Å². The number of hydrogen-bond donors (Lipinski definition) is 1. The van der Waals surface area contributed by atoms with Crippen molar-refractivity contribution in [2.45, 2.75) is 13.0 Å². The first kappa shape index (κ1) is 12.0. The molecule has 4 nitrogen and oxygen atoms in total. The Morgan fingerprint density at radius 2 is 2.29 bits per heavy atom. The highest BCUT2D eigenvalue weighted by Gasteiger charge is 2.02. The van der Waals surface area contributed by atoms with Crippen LogP contribution in [0.15, 0.2) is 29.0 Å². The van der Waals surface area contributed by atoms with Gasteiger partial charge < -0.3 is 9.84 Å². The number of nitrogens with zero attached hydrogens (tertiary/aromatic N) is 2. The van der Waals surface area contributed by atoms with E-state index in [1.54, 1.807) is 6.07 Å². The molecule has 2 rings (SSSR count). The Morgan fingerprint density at radius 1 is 1.41 bits per heavy atom. The Kier molecular flexibility index (Phi) is 4.06. The molecule has 0 aliphatic carbocycles. The second-order valence-electron chi connectivity index (χ2n) is 3.50. The van der Waals surface area contributed by atoms with E-state index >= 15 is 0 Å². The lowest BCUT2D eigenvalue weighted by Crippen LogP contribution is -2.17. The van der Waals surface area contributed by atoms with Crippen LogP contribution >= 0.6 is 11.6 Å². The molecule has 17 heavy (non-hydrogen) atoms. The summed E-state index contributed by atoms with van der Waals surface area (Å²) in [6.45, 7) is 1.17. The predicted octanol–water partition coefficient (Wildman–Crippen LogP) is 2.19. The fourth-order valence-electron chi connectivity index (χ4n) is 1.40. The maximum absolute atomic E-state index is 13.0. The first-order valence-electron chi connectivity index (χ1n) is 5.16. The number of benzene rings is 1. The van der Waals surface area contributed by atoms with E-state index in [2.05, 4.69) is 15.5 Å². The average Bonchev–Trinajstić information content (AvgIpc) is 2.82. The van der Waals surface area contributed by atoms with Crippen molar-refractivity contribution in [2.24, 2.45) is 0 Å². The van der Waals surface area contributed by atoms with Gasteiger partial charge in [0.05, 0.1) is 0 Å². The molecule has 0 radical (unpaired) electrons. The maximum atomic E-state index is 13.0. The molecule has 0 spiro atoms. The molecule has 90 valence electrons. The zero-order chi connectivity index (χ0) is 12.1. The third kappa shape index (κ3) is 3.51. The van der Waals surface area contributed by atoms with Crippen molar-refractivity contribution in [3.63, 3.8) is 0 Å². The molecule has 1 aromatic heterocycles. The molecular formula is C11H11ClFN3O. The van der Waals surface area contributed by atoms with Crippen LogP contribution in [0.4, 0.5) is 4.39 Å². The van der Waals surface area contributed by atoms with Gasteiger partial charge in [0.2, 0.25) is 5.89 Å². The lowest BCUT2D eigenvalue weighted by Gasteiger charge is -2.05. The molecule has 0 atom stereocenters. The van der Waals surface area contributed by atoms with Crippen LogP contribution in [-0.2, 0) is 13.0 Å². The van der Waals surface area contributed by atoms with Crippen LogP contribution in [0.3, 0.4) is 0 Å². The Hall–Kier alpha value is -1.46. The second kappa shape index (κ2) is 5.75. The van der Waals surface area contributed by atoms with Crippen LogP contribution in [0, 0.1) is 5.82 Å². The first-order valence-corrected chi connectivity index (χ1v) is 5.53. The van der Waals surface area contributed by atoms with Crippen molar-refractivity contribution in [3.05, 3.63) is 46.8 Å². The highest BCUT2D eigenvalue weighted by atomic mass is 35.5. The molecule has 1 aromatic carbocycles. The van der Waals surface area contributed by atoms with E-state index in [9.17, 15) is 4.39 Å². The van der Waals surface area contributed by atoms with Crippen LogP contribution in [0.5, 0.6) is 0 Å². The summed E-state index contributed by atoms with van der Waals surface area (Å²) in [6, 6.07) is 4.30. The summed E-state index contributed by atoms with van der Waals surface area (Å²) in [7, 11) is 0. The standard InChI is InChI=1S/C11H11ClFN3O/c12-10-2-1-9(13)5-8(10)6-14-4-3-11-15-7-16-17-11/h1-2,5,7,14H,3-4,6H2. The van der Waals surface area contributed by atoms with Crippen LogP contribution in [0.1, 0.15) is 11.5 Å². The lowest BCUT2D eigenvalue weighted by molar-refractivity contribution is 0.375. The Morgan fingerprint density at radius 3 is 3.06 bits per heavy atom. The normalized spacial score (nSPS) is 10.7. The summed E-state index contributed by atoms with van der Waals surface area (Å²) in [4.78, 5) is 3.89. The fourth-order valence-corrected chi connectivity index (χ4v) is 1.59. The van der Waals surface area contributed by atoms with E-state index < -0.39 is 0 Å². The van der Waals surface area contributed by atoms with Gasteiger partial charge in [-0.05, 0) is 23.8 Å². The summed E-state index contributed by atoms with van der Waals surface area (Å²) in [5.74, 6) is 0.283. The van der Waals surface area contributed by atoms with Gasteiger partial charge in [-0.15, -0.1) is 0 Å². The van der Waals surface area contributed by atoms with Gasteiger partial charge in [0.15, 0.2) is 6.33 Å². The molecule has 0 bridgehead atoms. The lowest BCUT2D eigenvalue weighted by atomic mass is 10.2. The van der Waals surface area contributed by atoms with E-state index in [0.29, 0.717) is 30.4 Å². The summed E-state index contributed by atoms with van der Waals surface area (Å²) >= 11 is 5.93. The minimum atomic E-state index is -0.289. The molecule has 0 amide bonds. The fraction of sp³-hybridized carbons (Fsp3) is 0.273. The quantitative estimate of drug-likeness (QED) is 0.832. The van der Waals surface area contributed by atoms with E-state index in [1.807, 2.05) is 0 Å². The molecule has 0 aliphatic rings. The topological polar surface area (TPSA) is 51.0 Å². The zero-order valence-electron chi connectivity index (χ0n) is 8.99. The molecule has 6 heteroatoms. The van der Waals surface area contributed by atoms with Gasteiger partial charge in [0.25, 0.3) is 0 Å². The van der Waals surface area contributed by atoms with E-state index in [-0.39, 0.29) is 5.82 Å². The smallest absolute Gasteiger partial charge is 0.227 e. The largest absolute Gasteiger partial charge is 0.340 e. The third-order valence-corrected chi connectivity index (χ3v) is 2.61. The summed E-state index contributed by atoms with van der Waals surface area (Å²) in [5.41, 5.74) is 0.734. The highest BCUT2D eigenvalue weighted by molar-refractivity contribution is 6.31. The first-order chi connectivity index (χ1) is 8.25. The van der Waals surface area contributed by atoms with Gasteiger partial charge in [0.1, 0.15) is 5.82 Å². The van der Waals surface area contributed by atoms with Gasteiger partial charge in [-0.1, -0.05) is 16.8 Å². The number of aromatic nitrogens is 2. The molecule has 0 aliphatic heterocycles. The van der Waals surface area contributed by atoms with Gasteiger partial charge in [-0.25, -0.2) is 4.39 Å². The molecule has 1 heterocycles. The summed E-state index contributed by atoms with van der Waals surface area (Å²) in [6.07, 6.45) is 1.99. The van der Waals surface area contributed by atoms with E-state index in [4.69, 9.17) is 16.1 Å². The van der Waals surface area contributed by atoms with E-state index in [0.717, 1.165) is 5.56 Å². The van der Waals surface area contributed by atoms with Gasteiger partial charge >= 0.3 is 0 Å². The van der Waals surface area contributed by atoms with Crippen molar-refractivity contribution < 1.29 is 8.91 Å². The minimum absolute atomic E-state index is 0.289. The molecule has 0 unspecified atom stereocenters. The van der Waals surface area contributed by atoms with Gasteiger partial charge in [-0.2, -0.15) is 4.98 Å². The van der Waals surface area contributed by atoms with Gasteiger partial charge in [0, 0.05) is 24.5 Å². The van der Waals surface area contributed by atoms with Crippen molar-refractivity contribution >= 4 is 11.6 Å². The number of nitrogens with one attached hydrogen (secondary N) is 1. The maximum Gasteiger partial charge on any atom is 0.227 e. The van der Waals surface area contributed by atoms with Crippen LogP contribution in [-0.4, -0.2) is 16.7 Å². The molecule has 1 N–H and O–H groups in total. The SMILES string of the molecule is Fc1ccc(Cl)c(CNCCc2ncno2)c1. The number of hydrogen-bond acceptors (Lipinski definition) is 4. The Bertz CT molecular complexity index is 476. The summed E-state index contributed by atoms with van der Waals surface area (Å²) < 4.78 is 17.8. The van der Waals surface area contributed by atoms with Crippen molar-refractivity contribution in [1.29, 1.82) is 0 Å². The second-order valence-corrected chi connectivity index (χ2v) is 3.90. The summed E-state index contributed by atoms with van der Waals surface area (Å²) in [5, 5.41) is 7.18. The van der Waals surface area contributed by atoms with Crippen LogP contribution < -0.4 is 5.32 Å². The highest BCUT2D eigenvalue weighted by Crippen LogP contribution is 2.16. The Labute approximate surface area is 103 Å². The minimum Gasteiger partial charge on any atom is -0.340 e.